The molecule has 1 amide bonds. The third kappa shape index (κ3) is 2.86. The van der Waals surface area contributed by atoms with Gasteiger partial charge in [0.1, 0.15) is 6.61 Å². The third-order valence-corrected chi connectivity index (χ3v) is 4.33. The molecule has 0 bridgehead atoms. The van der Waals surface area contributed by atoms with Crippen molar-refractivity contribution in [2.24, 2.45) is 7.05 Å². The van der Waals surface area contributed by atoms with E-state index in [2.05, 4.69) is 16.1 Å². The van der Waals surface area contributed by atoms with Gasteiger partial charge in [0.2, 0.25) is 5.91 Å². The summed E-state index contributed by atoms with van der Waals surface area (Å²) in [5.41, 5.74) is 1.24. The van der Waals surface area contributed by atoms with Crippen LogP contribution in [0.2, 0.25) is 0 Å². The predicted octanol–water partition coefficient (Wildman–Crippen LogP) is 0.243. The number of aryl methyl sites for hydroxylation is 1. The highest BCUT2D eigenvalue weighted by atomic mass is 16.5. The lowest BCUT2D eigenvalue weighted by Crippen LogP contribution is -2.51. The molecule has 0 saturated carbocycles. The van der Waals surface area contributed by atoms with Gasteiger partial charge in [-0.05, 0) is 18.9 Å². The summed E-state index contributed by atoms with van der Waals surface area (Å²) in [5, 5.41) is 4.20. The van der Waals surface area contributed by atoms with E-state index < -0.39 is 0 Å². The number of carbonyl (C=O) groups is 1. The minimum Gasteiger partial charge on any atom is -0.370 e. The Kier molecular flexibility index (Phi) is 4.03. The second-order valence-corrected chi connectivity index (χ2v) is 5.59. The highest BCUT2D eigenvalue weighted by molar-refractivity contribution is 5.78. The number of hydrogen-bond acceptors (Lipinski definition) is 4. The fourth-order valence-corrected chi connectivity index (χ4v) is 3.09. The van der Waals surface area contributed by atoms with Crippen LogP contribution in [0, 0.1) is 0 Å². The van der Waals surface area contributed by atoms with Crippen molar-refractivity contribution < 1.29 is 9.53 Å². The van der Waals surface area contributed by atoms with Crippen LogP contribution in [-0.2, 0) is 23.1 Å². The van der Waals surface area contributed by atoms with E-state index in [4.69, 9.17) is 4.74 Å². The Bertz CT molecular complexity index is 465. The Morgan fingerprint density at radius 2 is 2.15 bits per heavy atom. The number of rotatable bonds is 3. The SMILES string of the molecule is Cn1nccc1CN1CCC(N2CCOCC2=O)CC1. The van der Waals surface area contributed by atoms with Crippen LogP contribution in [0.25, 0.3) is 0 Å². The van der Waals surface area contributed by atoms with E-state index in [1.165, 1.54) is 5.69 Å². The first-order chi connectivity index (χ1) is 9.74. The van der Waals surface area contributed by atoms with E-state index in [-0.39, 0.29) is 12.5 Å². The first kappa shape index (κ1) is 13.6. The van der Waals surface area contributed by atoms with Crippen LogP contribution in [0.5, 0.6) is 0 Å². The minimum absolute atomic E-state index is 0.154. The Labute approximate surface area is 119 Å². The molecule has 3 rings (SSSR count). The van der Waals surface area contributed by atoms with Crippen LogP contribution in [0.3, 0.4) is 0 Å². The molecule has 0 N–H and O–H groups in total. The molecule has 2 aliphatic rings. The van der Waals surface area contributed by atoms with Gasteiger partial charge in [0.25, 0.3) is 0 Å². The van der Waals surface area contributed by atoms with Crippen molar-refractivity contribution in [3.8, 4) is 0 Å². The summed E-state index contributed by atoms with van der Waals surface area (Å²) in [6.45, 7) is 4.72. The number of nitrogens with zero attached hydrogens (tertiary/aromatic N) is 4. The smallest absolute Gasteiger partial charge is 0.248 e. The molecule has 110 valence electrons. The number of likely N-dealkylation sites (tertiary alicyclic amines) is 1. The molecule has 3 heterocycles. The minimum atomic E-state index is 0.154. The number of amides is 1. The van der Waals surface area contributed by atoms with E-state index in [9.17, 15) is 4.79 Å². The lowest BCUT2D eigenvalue weighted by atomic mass is 10.0. The van der Waals surface area contributed by atoms with Crippen molar-refractivity contribution in [2.75, 3.05) is 32.8 Å². The zero-order chi connectivity index (χ0) is 13.9. The lowest BCUT2D eigenvalue weighted by Gasteiger charge is -2.40. The summed E-state index contributed by atoms with van der Waals surface area (Å²) in [5.74, 6) is 0.154. The molecule has 6 nitrogen and oxygen atoms in total. The van der Waals surface area contributed by atoms with Gasteiger partial charge in [-0.3, -0.25) is 14.4 Å². The maximum Gasteiger partial charge on any atom is 0.248 e. The van der Waals surface area contributed by atoms with Crippen LogP contribution in [0.4, 0.5) is 0 Å². The van der Waals surface area contributed by atoms with E-state index in [1.54, 1.807) is 0 Å². The van der Waals surface area contributed by atoms with Crippen LogP contribution < -0.4 is 0 Å². The van der Waals surface area contributed by atoms with E-state index in [1.807, 2.05) is 22.8 Å². The summed E-state index contributed by atoms with van der Waals surface area (Å²) in [4.78, 5) is 16.3. The molecule has 0 aromatic carbocycles. The van der Waals surface area contributed by atoms with Gasteiger partial charge in [0, 0.05) is 45.5 Å². The normalized spacial score (nSPS) is 22.4. The van der Waals surface area contributed by atoms with Crippen molar-refractivity contribution in [1.29, 1.82) is 0 Å². The Hall–Kier alpha value is -1.40. The predicted molar refractivity (Wildman–Crippen MR) is 74.0 cm³/mol. The van der Waals surface area contributed by atoms with Crippen molar-refractivity contribution in [2.45, 2.75) is 25.4 Å². The number of hydrogen-bond donors (Lipinski definition) is 0. The van der Waals surface area contributed by atoms with Gasteiger partial charge in [-0.2, -0.15) is 5.10 Å². The quantitative estimate of drug-likeness (QED) is 0.795. The van der Waals surface area contributed by atoms with Gasteiger partial charge < -0.3 is 9.64 Å². The van der Waals surface area contributed by atoms with Gasteiger partial charge in [0.05, 0.1) is 12.3 Å². The monoisotopic (exact) mass is 278 g/mol. The van der Waals surface area contributed by atoms with Crippen LogP contribution in [0.15, 0.2) is 12.3 Å². The number of piperidine rings is 1. The summed E-state index contributed by atoms with van der Waals surface area (Å²) >= 11 is 0. The fraction of sp³-hybridized carbons (Fsp3) is 0.714. The highest BCUT2D eigenvalue weighted by Crippen LogP contribution is 2.19. The second-order valence-electron chi connectivity index (χ2n) is 5.59. The molecule has 2 fully saturated rings. The van der Waals surface area contributed by atoms with E-state index in [0.29, 0.717) is 12.6 Å². The molecule has 0 atom stereocenters. The molecule has 20 heavy (non-hydrogen) atoms. The molecule has 0 radical (unpaired) electrons. The van der Waals surface area contributed by atoms with Crippen LogP contribution in [-0.4, -0.2) is 64.4 Å². The molecular formula is C14H22N4O2. The van der Waals surface area contributed by atoms with Gasteiger partial charge in [0.15, 0.2) is 0 Å². The largest absolute Gasteiger partial charge is 0.370 e. The Morgan fingerprint density at radius 3 is 2.80 bits per heavy atom. The molecule has 0 spiro atoms. The number of morpholine rings is 1. The molecule has 1 aromatic rings. The second kappa shape index (κ2) is 5.93. The molecule has 2 aliphatic heterocycles. The Balaban J connectivity index is 1.52. The molecule has 0 aliphatic carbocycles. The first-order valence-corrected chi connectivity index (χ1v) is 7.30. The summed E-state index contributed by atoms with van der Waals surface area (Å²) in [6.07, 6.45) is 3.96. The van der Waals surface area contributed by atoms with Crippen LogP contribution in [0.1, 0.15) is 18.5 Å². The zero-order valence-corrected chi connectivity index (χ0v) is 12.0. The van der Waals surface area contributed by atoms with Crippen LogP contribution >= 0.6 is 0 Å². The van der Waals surface area contributed by atoms with Crippen molar-refractivity contribution >= 4 is 5.91 Å². The molecule has 1 aromatic heterocycles. The van der Waals surface area contributed by atoms with E-state index >= 15 is 0 Å². The maximum atomic E-state index is 11.9. The van der Waals surface area contributed by atoms with Gasteiger partial charge >= 0.3 is 0 Å². The third-order valence-electron chi connectivity index (χ3n) is 4.33. The average molecular weight is 278 g/mol. The summed E-state index contributed by atoms with van der Waals surface area (Å²) in [6, 6.07) is 2.46. The number of ether oxygens (including phenoxy) is 1. The molecular weight excluding hydrogens is 256 g/mol. The lowest BCUT2D eigenvalue weighted by molar-refractivity contribution is -0.146. The molecule has 6 heteroatoms. The maximum absolute atomic E-state index is 11.9. The van der Waals surface area contributed by atoms with Gasteiger partial charge in [-0.15, -0.1) is 0 Å². The Morgan fingerprint density at radius 1 is 1.35 bits per heavy atom. The molecule has 2 saturated heterocycles. The first-order valence-electron chi connectivity index (χ1n) is 7.30. The standard InChI is InChI=1S/C14H22N4O2/c1-16-13(2-5-15-16)10-17-6-3-12(4-7-17)18-8-9-20-11-14(18)19/h2,5,12H,3-4,6-11H2,1H3. The van der Waals surface area contributed by atoms with E-state index in [0.717, 1.165) is 39.0 Å². The van der Waals surface area contributed by atoms with Crippen molar-refractivity contribution in [3.05, 3.63) is 18.0 Å². The summed E-state index contributed by atoms with van der Waals surface area (Å²) in [7, 11) is 1.98. The molecule has 0 unspecified atom stereocenters. The topological polar surface area (TPSA) is 50.6 Å². The number of aromatic nitrogens is 2. The van der Waals surface area contributed by atoms with Crippen molar-refractivity contribution in [3.63, 3.8) is 0 Å². The fourth-order valence-electron chi connectivity index (χ4n) is 3.09. The highest BCUT2D eigenvalue weighted by Gasteiger charge is 2.29. The average Bonchev–Trinajstić information content (AvgIpc) is 2.86. The number of carbonyl (C=O) groups excluding carboxylic acids is 1. The van der Waals surface area contributed by atoms with Gasteiger partial charge in [-0.25, -0.2) is 0 Å². The summed E-state index contributed by atoms with van der Waals surface area (Å²) < 4.78 is 7.12. The van der Waals surface area contributed by atoms with Gasteiger partial charge in [-0.1, -0.05) is 0 Å². The van der Waals surface area contributed by atoms with Crippen molar-refractivity contribution in [1.82, 2.24) is 19.6 Å². The zero-order valence-electron chi connectivity index (χ0n) is 12.0.